The zero-order chi connectivity index (χ0) is 15.9. The largest absolute Gasteiger partial charge is 0.349 e. The Bertz CT molecular complexity index is 595. The first-order chi connectivity index (χ1) is 9.86. The summed E-state index contributed by atoms with van der Waals surface area (Å²) < 4.78 is 26.8. The normalized spacial score (nSPS) is 11.4. The number of hydrogen-bond acceptors (Lipinski definition) is 3. The van der Waals surface area contributed by atoms with Crippen LogP contribution in [0.15, 0.2) is 41.8 Å². The van der Waals surface area contributed by atoms with Gasteiger partial charge in [0.25, 0.3) is 5.91 Å². The lowest BCUT2D eigenvalue weighted by Gasteiger charge is -2.09. The molecule has 0 spiro atoms. The van der Waals surface area contributed by atoms with Crippen LogP contribution in [0.5, 0.6) is 0 Å². The molecule has 21 heavy (non-hydrogen) atoms. The van der Waals surface area contributed by atoms with Crippen LogP contribution in [0.1, 0.15) is 30.6 Å². The second kappa shape index (κ2) is 7.95. The van der Waals surface area contributed by atoms with Gasteiger partial charge in [-0.2, -0.15) is 0 Å². The first-order valence-corrected chi connectivity index (χ1v) is 8.34. The van der Waals surface area contributed by atoms with E-state index >= 15 is 0 Å². The highest BCUT2D eigenvalue weighted by Gasteiger charge is 2.15. The second-order valence-corrected chi connectivity index (χ2v) is 6.87. The number of amides is 1. The van der Waals surface area contributed by atoms with Crippen LogP contribution in [0.2, 0.25) is 0 Å². The molecule has 0 aliphatic carbocycles. The van der Waals surface area contributed by atoms with Crippen LogP contribution >= 0.6 is 0 Å². The van der Waals surface area contributed by atoms with Crippen molar-refractivity contribution < 1.29 is 13.2 Å². The van der Waals surface area contributed by atoms with Crippen molar-refractivity contribution in [2.24, 2.45) is 5.92 Å². The first-order valence-electron chi connectivity index (χ1n) is 6.85. The van der Waals surface area contributed by atoms with Gasteiger partial charge in [0.2, 0.25) is 10.0 Å². The van der Waals surface area contributed by atoms with Gasteiger partial charge in [-0.3, -0.25) is 4.79 Å². The van der Waals surface area contributed by atoms with Crippen LogP contribution in [0.4, 0.5) is 0 Å². The molecular formula is C15H22N2O3S. The molecule has 0 unspecified atom stereocenters. The van der Waals surface area contributed by atoms with E-state index in [-0.39, 0.29) is 10.8 Å². The SMILES string of the molecule is C=CCNC(=O)c1cccc(S(=O)(=O)NCCC(C)C)c1. The highest BCUT2D eigenvalue weighted by atomic mass is 32.2. The molecule has 0 bridgehead atoms. The van der Waals surface area contributed by atoms with Crippen molar-refractivity contribution in [1.82, 2.24) is 10.0 Å². The zero-order valence-electron chi connectivity index (χ0n) is 12.4. The molecule has 116 valence electrons. The minimum atomic E-state index is -3.58. The van der Waals surface area contributed by atoms with E-state index in [0.717, 1.165) is 6.42 Å². The van der Waals surface area contributed by atoms with Gasteiger partial charge in [0, 0.05) is 18.7 Å². The van der Waals surface area contributed by atoms with Crippen LogP contribution in [0, 0.1) is 5.92 Å². The van der Waals surface area contributed by atoms with E-state index < -0.39 is 10.0 Å². The quantitative estimate of drug-likeness (QED) is 0.720. The molecule has 0 aliphatic heterocycles. The summed E-state index contributed by atoms with van der Waals surface area (Å²) in [5.41, 5.74) is 0.309. The van der Waals surface area contributed by atoms with Crippen molar-refractivity contribution in [1.29, 1.82) is 0 Å². The summed E-state index contributed by atoms with van der Waals surface area (Å²) in [5, 5.41) is 2.61. The second-order valence-electron chi connectivity index (χ2n) is 5.11. The fourth-order valence-electron chi connectivity index (χ4n) is 1.64. The molecule has 1 aromatic carbocycles. The summed E-state index contributed by atoms with van der Waals surface area (Å²) in [7, 11) is -3.58. The Balaban J connectivity index is 2.83. The van der Waals surface area contributed by atoms with Gasteiger partial charge in [0.05, 0.1) is 4.90 Å². The summed E-state index contributed by atoms with van der Waals surface area (Å²) in [6.45, 7) is 8.28. The van der Waals surface area contributed by atoms with Gasteiger partial charge >= 0.3 is 0 Å². The highest BCUT2D eigenvalue weighted by Crippen LogP contribution is 2.12. The molecule has 6 heteroatoms. The highest BCUT2D eigenvalue weighted by molar-refractivity contribution is 7.89. The van der Waals surface area contributed by atoms with Gasteiger partial charge < -0.3 is 5.32 Å². The van der Waals surface area contributed by atoms with Crippen LogP contribution in [0.25, 0.3) is 0 Å². The van der Waals surface area contributed by atoms with Crippen molar-refractivity contribution in [3.63, 3.8) is 0 Å². The molecular weight excluding hydrogens is 288 g/mol. The molecule has 0 saturated heterocycles. The molecule has 1 rings (SSSR count). The average molecular weight is 310 g/mol. The maximum Gasteiger partial charge on any atom is 0.251 e. The maximum absolute atomic E-state index is 12.1. The molecule has 1 amide bonds. The van der Waals surface area contributed by atoms with E-state index in [1.165, 1.54) is 12.1 Å². The number of hydrogen-bond donors (Lipinski definition) is 2. The molecule has 2 N–H and O–H groups in total. The van der Waals surface area contributed by atoms with Crippen LogP contribution in [0.3, 0.4) is 0 Å². The van der Waals surface area contributed by atoms with Gasteiger partial charge in [-0.25, -0.2) is 13.1 Å². The lowest BCUT2D eigenvalue weighted by molar-refractivity contribution is 0.0958. The van der Waals surface area contributed by atoms with Gasteiger partial charge in [0.1, 0.15) is 0 Å². The predicted octanol–water partition coefficient (Wildman–Crippen LogP) is 1.93. The third-order valence-corrected chi connectivity index (χ3v) is 4.29. The minimum Gasteiger partial charge on any atom is -0.349 e. The summed E-state index contributed by atoms with van der Waals surface area (Å²) in [4.78, 5) is 11.9. The van der Waals surface area contributed by atoms with Gasteiger partial charge in [0.15, 0.2) is 0 Å². The molecule has 0 aromatic heterocycles. The Morgan fingerprint density at radius 2 is 2.10 bits per heavy atom. The number of carbonyl (C=O) groups excluding carboxylic acids is 1. The van der Waals surface area contributed by atoms with Crippen LogP contribution in [-0.4, -0.2) is 27.4 Å². The Kier molecular flexibility index (Phi) is 6.58. The van der Waals surface area contributed by atoms with Gasteiger partial charge in [-0.1, -0.05) is 26.0 Å². The molecule has 0 saturated carbocycles. The number of sulfonamides is 1. The lowest BCUT2D eigenvalue weighted by atomic mass is 10.1. The Labute approximate surface area is 126 Å². The van der Waals surface area contributed by atoms with E-state index in [1.54, 1.807) is 18.2 Å². The number of rotatable bonds is 8. The van der Waals surface area contributed by atoms with E-state index in [0.29, 0.717) is 24.6 Å². The van der Waals surface area contributed by atoms with E-state index in [1.807, 2.05) is 13.8 Å². The van der Waals surface area contributed by atoms with Gasteiger partial charge in [-0.15, -0.1) is 6.58 Å². The lowest BCUT2D eigenvalue weighted by Crippen LogP contribution is -2.27. The van der Waals surface area contributed by atoms with Crippen molar-refractivity contribution in [3.8, 4) is 0 Å². The molecule has 0 atom stereocenters. The van der Waals surface area contributed by atoms with Gasteiger partial charge in [-0.05, 0) is 30.5 Å². The van der Waals surface area contributed by atoms with Crippen LogP contribution in [-0.2, 0) is 10.0 Å². The van der Waals surface area contributed by atoms with Crippen molar-refractivity contribution in [3.05, 3.63) is 42.5 Å². The molecule has 5 nitrogen and oxygen atoms in total. The average Bonchev–Trinajstić information content (AvgIpc) is 2.44. The third-order valence-electron chi connectivity index (χ3n) is 2.83. The standard InChI is InChI=1S/C15H22N2O3S/c1-4-9-16-15(18)13-6-5-7-14(11-13)21(19,20)17-10-8-12(2)3/h4-7,11-12,17H,1,8-10H2,2-3H3,(H,16,18). The maximum atomic E-state index is 12.1. The Morgan fingerprint density at radius 3 is 2.71 bits per heavy atom. The van der Waals surface area contributed by atoms with E-state index in [2.05, 4.69) is 16.6 Å². The van der Waals surface area contributed by atoms with Crippen molar-refractivity contribution >= 4 is 15.9 Å². The molecule has 1 aromatic rings. The minimum absolute atomic E-state index is 0.0949. The molecule has 0 fully saturated rings. The Hall–Kier alpha value is -1.66. The third kappa shape index (κ3) is 5.69. The fourth-order valence-corrected chi connectivity index (χ4v) is 2.73. The fraction of sp³-hybridized carbons (Fsp3) is 0.400. The Morgan fingerprint density at radius 1 is 1.38 bits per heavy atom. The predicted molar refractivity (Wildman–Crippen MR) is 83.6 cm³/mol. The summed E-state index contributed by atoms with van der Waals surface area (Å²) >= 11 is 0. The molecule has 0 radical (unpaired) electrons. The summed E-state index contributed by atoms with van der Waals surface area (Å²) in [5.74, 6) is 0.0952. The summed E-state index contributed by atoms with van der Waals surface area (Å²) in [6, 6.07) is 5.98. The number of nitrogens with one attached hydrogen (secondary N) is 2. The zero-order valence-corrected chi connectivity index (χ0v) is 13.2. The smallest absolute Gasteiger partial charge is 0.251 e. The summed E-state index contributed by atoms with van der Waals surface area (Å²) in [6.07, 6.45) is 2.32. The van der Waals surface area contributed by atoms with E-state index in [9.17, 15) is 13.2 Å². The topological polar surface area (TPSA) is 75.3 Å². The van der Waals surface area contributed by atoms with Crippen molar-refractivity contribution in [2.75, 3.05) is 13.1 Å². The first kappa shape index (κ1) is 17.4. The molecule has 0 heterocycles. The molecule has 0 aliphatic rings. The van der Waals surface area contributed by atoms with E-state index in [4.69, 9.17) is 0 Å². The van der Waals surface area contributed by atoms with Crippen molar-refractivity contribution in [2.45, 2.75) is 25.2 Å². The number of benzene rings is 1. The number of carbonyl (C=O) groups is 1. The van der Waals surface area contributed by atoms with Crippen LogP contribution < -0.4 is 10.0 Å². The monoisotopic (exact) mass is 310 g/mol.